The summed E-state index contributed by atoms with van der Waals surface area (Å²) in [6, 6.07) is 16.4. The highest BCUT2D eigenvalue weighted by Crippen LogP contribution is 2.15. The third kappa shape index (κ3) is 5.01. The summed E-state index contributed by atoms with van der Waals surface area (Å²) in [7, 11) is -2.01. The quantitative estimate of drug-likeness (QED) is 0.634. The molecule has 0 fully saturated rings. The van der Waals surface area contributed by atoms with E-state index in [0.29, 0.717) is 22.9 Å². The van der Waals surface area contributed by atoms with Crippen LogP contribution in [0.15, 0.2) is 76.2 Å². The minimum atomic E-state index is -3.70. The zero-order chi connectivity index (χ0) is 20.1. The number of hydrogen-bond acceptors (Lipinski definition) is 4. The Balaban J connectivity index is 1.65. The lowest BCUT2D eigenvalue weighted by Gasteiger charge is -2.17. The van der Waals surface area contributed by atoms with Crippen molar-refractivity contribution < 1.29 is 17.6 Å². The number of rotatable bonds is 7. The van der Waals surface area contributed by atoms with E-state index < -0.39 is 10.0 Å². The third-order valence-electron chi connectivity index (χ3n) is 4.11. The Bertz CT molecular complexity index is 1030. The van der Waals surface area contributed by atoms with Gasteiger partial charge in [0.25, 0.3) is 5.91 Å². The number of nitrogens with zero attached hydrogens (tertiary/aromatic N) is 1. The Morgan fingerprint density at radius 3 is 2.36 bits per heavy atom. The minimum Gasteiger partial charge on any atom is -0.468 e. The van der Waals surface area contributed by atoms with Gasteiger partial charge in [-0.25, -0.2) is 13.1 Å². The van der Waals surface area contributed by atoms with Crippen LogP contribution in [0.4, 0.5) is 0 Å². The van der Waals surface area contributed by atoms with E-state index in [1.54, 1.807) is 36.2 Å². The Labute approximate surface area is 168 Å². The fraction of sp³-hybridized carbons (Fsp3) is 0.150. The van der Waals surface area contributed by atoms with Crippen molar-refractivity contribution in [2.45, 2.75) is 18.0 Å². The summed E-state index contributed by atoms with van der Waals surface area (Å²) in [5.41, 5.74) is 1.35. The van der Waals surface area contributed by atoms with Crippen LogP contribution in [0.5, 0.6) is 0 Å². The first-order valence-electron chi connectivity index (χ1n) is 8.47. The molecule has 28 heavy (non-hydrogen) atoms. The van der Waals surface area contributed by atoms with Crippen LogP contribution in [-0.2, 0) is 23.1 Å². The van der Waals surface area contributed by atoms with Crippen LogP contribution < -0.4 is 4.72 Å². The first-order chi connectivity index (χ1) is 13.3. The molecule has 3 rings (SSSR count). The Hall–Kier alpha value is -2.61. The number of amides is 1. The van der Waals surface area contributed by atoms with Crippen LogP contribution in [0.2, 0.25) is 5.02 Å². The molecule has 0 aliphatic heterocycles. The minimum absolute atomic E-state index is 0.0554. The van der Waals surface area contributed by atoms with Crippen molar-refractivity contribution in [3.8, 4) is 0 Å². The van der Waals surface area contributed by atoms with E-state index >= 15 is 0 Å². The highest BCUT2D eigenvalue weighted by Gasteiger charge is 2.17. The van der Waals surface area contributed by atoms with E-state index in [1.807, 2.05) is 12.1 Å². The van der Waals surface area contributed by atoms with Crippen LogP contribution in [0.1, 0.15) is 21.7 Å². The topological polar surface area (TPSA) is 79.6 Å². The second kappa shape index (κ2) is 8.60. The summed E-state index contributed by atoms with van der Waals surface area (Å²) in [5.74, 6) is 0.307. The Morgan fingerprint density at radius 1 is 1.07 bits per heavy atom. The molecule has 0 aliphatic rings. The van der Waals surface area contributed by atoms with Crippen molar-refractivity contribution in [1.82, 2.24) is 9.62 Å². The lowest BCUT2D eigenvalue weighted by Crippen LogP contribution is -2.26. The maximum atomic E-state index is 12.6. The molecule has 1 amide bonds. The second-order valence-corrected chi connectivity index (χ2v) is 8.42. The Morgan fingerprint density at radius 2 is 1.75 bits per heavy atom. The van der Waals surface area contributed by atoms with Crippen LogP contribution in [-0.4, -0.2) is 26.3 Å². The number of halogens is 1. The Kier molecular flexibility index (Phi) is 6.18. The van der Waals surface area contributed by atoms with Gasteiger partial charge in [0.1, 0.15) is 5.76 Å². The van der Waals surface area contributed by atoms with Crippen molar-refractivity contribution in [2.24, 2.45) is 0 Å². The first kappa shape index (κ1) is 20.1. The predicted octanol–water partition coefficient (Wildman–Crippen LogP) is 3.68. The number of hydrogen-bond donors (Lipinski definition) is 1. The van der Waals surface area contributed by atoms with E-state index in [1.165, 1.54) is 30.5 Å². The molecule has 8 heteroatoms. The van der Waals surface area contributed by atoms with Crippen molar-refractivity contribution in [3.63, 3.8) is 0 Å². The largest absolute Gasteiger partial charge is 0.468 e. The normalized spacial score (nSPS) is 11.4. The average molecular weight is 419 g/mol. The maximum Gasteiger partial charge on any atom is 0.253 e. The van der Waals surface area contributed by atoms with Gasteiger partial charge in [-0.05, 0) is 54.1 Å². The van der Waals surface area contributed by atoms with Crippen molar-refractivity contribution in [1.29, 1.82) is 0 Å². The van der Waals surface area contributed by atoms with Crippen LogP contribution in [0.3, 0.4) is 0 Å². The van der Waals surface area contributed by atoms with E-state index in [-0.39, 0.29) is 17.3 Å². The summed E-state index contributed by atoms with van der Waals surface area (Å²) in [4.78, 5) is 14.2. The zero-order valence-electron chi connectivity index (χ0n) is 15.1. The van der Waals surface area contributed by atoms with Crippen molar-refractivity contribution in [2.75, 3.05) is 7.05 Å². The fourth-order valence-corrected chi connectivity index (χ4v) is 3.71. The predicted molar refractivity (Wildman–Crippen MR) is 106 cm³/mol. The molecule has 0 aliphatic carbocycles. The highest BCUT2D eigenvalue weighted by molar-refractivity contribution is 7.89. The van der Waals surface area contributed by atoms with Gasteiger partial charge < -0.3 is 9.32 Å². The zero-order valence-corrected chi connectivity index (χ0v) is 16.7. The molecule has 0 radical (unpaired) electrons. The standard InChI is InChI=1S/C20H19ClN2O4S/c1-23(14-15-4-8-17(21)9-5-15)20(24)16-6-10-19(11-7-16)28(25,26)22-13-18-3-2-12-27-18/h2-12,22H,13-14H2,1H3. The lowest BCUT2D eigenvalue weighted by atomic mass is 10.1. The second-order valence-electron chi connectivity index (χ2n) is 6.22. The average Bonchev–Trinajstić information content (AvgIpc) is 3.21. The molecule has 146 valence electrons. The van der Waals surface area contributed by atoms with E-state index in [0.717, 1.165) is 5.56 Å². The van der Waals surface area contributed by atoms with Gasteiger partial charge in [0, 0.05) is 24.2 Å². The SMILES string of the molecule is CN(Cc1ccc(Cl)cc1)C(=O)c1ccc(S(=O)(=O)NCc2ccco2)cc1. The van der Waals surface area contributed by atoms with Gasteiger partial charge in [-0.3, -0.25) is 4.79 Å². The molecule has 0 atom stereocenters. The summed E-state index contributed by atoms with van der Waals surface area (Å²) >= 11 is 5.87. The first-order valence-corrected chi connectivity index (χ1v) is 10.3. The summed E-state index contributed by atoms with van der Waals surface area (Å²) in [5, 5.41) is 0.634. The molecule has 0 saturated carbocycles. The van der Waals surface area contributed by atoms with E-state index in [2.05, 4.69) is 4.72 Å². The van der Waals surface area contributed by atoms with E-state index in [9.17, 15) is 13.2 Å². The number of sulfonamides is 1. The van der Waals surface area contributed by atoms with Gasteiger partial charge >= 0.3 is 0 Å². The molecule has 1 N–H and O–H groups in total. The van der Waals surface area contributed by atoms with Crippen molar-refractivity contribution in [3.05, 3.63) is 88.8 Å². The molecule has 0 bridgehead atoms. The number of carbonyl (C=O) groups is 1. The van der Waals surface area contributed by atoms with Gasteiger partial charge in [0.15, 0.2) is 0 Å². The lowest BCUT2D eigenvalue weighted by molar-refractivity contribution is 0.0785. The third-order valence-corrected chi connectivity index (χ3v) is 5.78. The van der Waals surface area contributed by atoms with Gasteiger partial charge in [-0.15, -0.1) is 0 Å². The smallest absolute Gasteiger partial charge is 0.253 e. The van der Waals surface area contributed by atoms with Gasteiger partial charge in [0.2, 0.25) is 10.0 Å². The maximum absolute atomic E-state index is 12.6. The number of benzene rings is 2. The molecule has 2 aromatic carbocycles. The molecule has 0 spiro atoms. The van der Waals surface area contributed by atoms with E-state index in [4.69, 9.17) is 16.0 Å². The molecule has 0 saturated heterocycles. The molecule has 1 aromatic heterocycles. The van der Waals surface area contributed by atoms with Gasteiger partial charge in [-0.1, -0.05) is 23.7 Å². The number of nitrogens with one attached hydrogen (secondary N) is 1. The van der Waals surface area contributed by atoms with Crippen LogP contribution in [0, 0.1) is 0 Å². The molecule has 0 unspecified atom stereocenters. The van der Waals surface area contributed by atoms with Gasteiger partial charge in [0.05, 0.1) is 17.7 Å². The summed E-state index contributed by atoms with van der Waals surface area (Å²) < 4.78 is 32.3. The van der Waals surface area contributed by atoms with Gasteiger partial charge in [-0.2, -0.15) is 0 Å². The summed E-state index contributed by atoms with van der Waals surface area (Å²) in [6.07, 6.45) is 1.48. The van der Waals surface area contributed by atoms with Crippen LogP contribution in [0.25, 0.3) is 0 Å². The molecular weight excluding hydrogens is 400 g/mol. The van der Waals surface area contributed by atoms with Crippen molar-refractivity contribution >= 4 is 27.5 Å². The molecule has 1 heterocycles. The number of furan rings is 1. The van der Waals surface area contributed by atoms with Crippen LogP contribution >= 0.6 is 11.6 Å². The monoisotopic (exact) mass is 418 g/mol. The number of carbonyl (C=O) groups excluding carboxylic acids is 1. The fourth-order valence-electron chi connectivity index (χ4n) is 2.60. The molecular formula is C20H19ClN2O4S. The highest BCUT2D eigenvalue weighted by atomic mass is 35.5. The molecule has 3 aromatic rings. The molecule has 6 nitrogen and oxygen atoms in total. The summed E-state index contributed by atoms with van der Waals surface area (Å²) in [6.45, 7) is 0.473.